The Morgan fingerprint density at radius 1 is 0.950 bits per heavy atom. The molecule has 0 spiro atoms. The number of benzene rings is 2. The summed E-state index contributed by atoms with van der Waals surface area (Å²) in [5.74, 6) is -3.83. The fraction of sp³-hybridized carbons (Fsp3) is 0. The SMILES string of the molecule is Nc1ccc(S(=O)(=O)Nc2c(F)cc(F)cc2F)cc1. The van der Waals surface area contributed by atoms with Crippen molar-refractivity contribution in [3.05, 3.63) is 53.8 Å². The number of nitrogen functional groups attached to an aromatic ring is 1. The third-order valence-corrected chi connectivity index (χ3v) is 3.80. The highest BCUT2D eigenvalue weighted by Gasteiger charge is 2.20. The molecule has 20 heavy (non-hydrogen) atoms. The molecule has 0 saturated carbocycles. The monoisotopic (exact) mass is 302 g/mol. The van der Waals surface area contributed by atoms with Gasteiger partial charge >= 0.3 is 0 Å². The number of nitrogens with one attached hydrogen (secondary N) is 1. The van der Waals surface area contributed by atoms with Crippen molar-refractivity contribution >= 4 is 21.4 Å². The van der Waals surface area contributed by atoms with Gasteiger partial charge in [-0.15, -0.1) is 0 Å². The first-order valence-corrected chi connectivity index (χ1v) is 6.81. The van der Waals surface area contributed by atoms with Crippen molar-refractivity contribution in [2.24, 2.45) is 0 Å². The zero-order valence-corrected chi connectivity index (χ0v) is 10.7. The second-order valence-electron chi connectivity index (χ2n) is 3.92. The number of hydrogen-bond donors (Lipinski definition) is 2. The molecule has 2 rings (SSSR count). The Morgan fingerprint density at radius 2 is 1.45 bits per heavy atom. The predicted molar refractivity (Wildman–Crippen MR) is 68.0 cm³/mol. The van der Waals surface area contributed by atoms with Crippen molar-refractivity contribution in [1.82, 2.24) is 0 Å². The van der Waals surface area contributed by atoms with Crippen molar-refractivity contribution in [3.8, 4) is 0 Å². The van der Waals surface area contributed by atoms with Gasteiger partial charge in [0.2, 0.25) is 0 Å². The summed E-state index contributed by atoms with van der Waals surface area (Å²) in [4.78, 5) is -0.227. The molecule has 2 aromatic carbocycles. The lowest BCUT2D eigenvalue weighted by molar-refractivity contribution is 0.547. The summed E-state index contributed by atoms with van der Waals surface area (Å²) in [7, 11) is -4.20. The summed E-state index contributed by atoms with van der Waals surface area (Å²) in [5.41, 5.74) is 4.81. The summed E-state index contributed by atoms with van der Waals surface area (Å²) in [6, 6.07) is 5.76. The molecule has 0 aromatic heterocycles. The van der Waals surface area contributed by atoms with Crippen LogP contribution in [0.1, 0.15) is 0 Å². The molecular formula is C12H9F3N2O2S. The van der Waals surface area contributed by atoms with E-state index in [1.165, 1.54) is 24.3 Å². The van der Waals surface area contributed by atoms with Crippen molar-refractivity contribution in [2.75, 3.05) is 10.5 Å². The predicted octanol–water partition coefficient (Wildman–Crippen LogP) is 2.49. The summed E-state index contributed by atoms with van der Waals surface area (Å²) in [5, 5.41) is 0. The fourth-order valence-electron chi connectivity index (χ4n) is 1.48. The van der Waals surface area contributed by atoms with Gasteiger partial charge in [-0.3, -0.25) is 4.72 Å². The Labute approximate surface area is 113 Å². The molecule has 3 N–H and O–H groups in total. The lowest BCUT2D eigenvalue weighted by Gasteiger charge is -2.10. The summed E-state index contributed by atoms with van der Waals surface area (Å²) in [6.07, 6.45) is 0. The van der Waals surface area contributed by atoms with Gasteiger partial charge in [0.25, 0.3) is 10.0 Å². The lowest BCUT2D eigenvalue weighted by Crippen LogP contribution is -2.15. The van der Waals surface area contributed by atoms with Crippen molar-refractivity contribution in [3.63, 3.8) is 0 Å². The van der Waals surface area contributed by atoms with E-state index in [2.05, 4.69) is 0 Å². The van der Waals surface area contributed by atoms with Gasteiger partial charge in [-0.25, -0.2) is 21.6 Å². The maximum absolute atomic E-state index is 13.4. The van der Waals surface area contributed by atoms with Crippen LogP contribution in [0.4, 0.5) is 24.5 Å². The third kappa shape index (κ3) is 2.85. The average Bonchev–Trinajstić information content (AvgIpc) is 2.34. The van der Waals surface area contributed by atoms with Crippen LogP contribution in [0.15, 0.2) is 41.3 Å². The van der Waals surface area contributed by atoms with Gasteiger partial charge in [-0.05, 0) is 24.3 Å². The largest absolute Gasteiger partial charge is 0.399 e. The van der Waals surface area contributed by atoms with Gasteiger partial charge in [0, 0.05) is 17.8 Å². The van der Waals surface area contributed by atoms with E-state index in [-0.39, 0.29) is 4.90 Å². The molecule has 8 heteroatoms. The number of sulfonamides is 1. The van der Waals surface area contributed by atoms with E-state index in [9.17, 15) is 21.6 Å². The van der Waals surface area contributed by atoms with E-state index in [0.717, 1.165) is 0 Å². The van der Waals surface area contributed by atoms with Crippen molar-refractivity contribution < 1.29 is 21.6 Å². The molecule has 0 radical (unpaired) electrons. The molecular weight excluding hydrogens is 293 g/mol. The third-order valence-electron chi connectivity index (χ3n) is 2.43. The number of nitrogens with two attached hydrogens (primary N) is 1. The summed E-state index contributed by atoms with van der Waals surface area (Å²) in [6.45, 7) is 0. The van der Waals surface area contributed by atoms with E-state index in [1.54, 1.807) is 4.72 Å². The zero-order chi connectivity index (χ0) is 14.9. The Hall–Kier alpha value is -2.22. The lowest BCUT2D eigenvalue weighted by atomic mass is 10.3. The van der Waals surface area contributed by atoms with Crippen LogP contribution in [0.2, 0.25) is 0 Å². The molecule has 0 fully saturated rings. The van der Waals surface area contributed by atoms with Crippen LogP contribution in [-0.2, 0) is 10.0 Å². The normalized spacial score (nSPS) is 11.3. The Kier molecular flexibility index (Phi) is 3.58. The highest BCUT2D eigenvalue weighted by atomic mass is 32.2. The molecule has 2 aromatic rings. The van der Waals surface area contributed by atoms with Gasteiger partial charge in [0.05, 0.1) is 4.90 Å². The second kappa shape index (κ2) is 5.04. The fourth-order valence-corrected chi connectivity index (χ4v) is 2.56. The molecule has 0 aliphatic rings. The van der Waals surface area contributed by atoms with Crippen LogP contribution in [0.3, 0.4) is 0 Å². The van der Waals surface area contributed by atoms with Gasteiger partial charge in [-0.2, -0.15) is 0 Å². The molecule has 0 aliphatic carbocycles. The minimum absolute atomic E-state index is 0.227. The van der Waals surface area contributed by atoms with Crippen molar-refractivity contribution in [2.45, 2.75) is 4.90 Å². The number of hydrogen-bond acceptors (Lipinski definition) is 3. The van der Waals surface area contributed by atoms with E-state index < -0.39 is 33.2 Å². The van der Waals surface area contributed by atoms with Gasteiger partial charge in [-0.1, -0.05) is 0 Å². The molecule has 0 atom stereocenters. The Balaban J connectivity index is 2.41. The first-order valence-electron chi connectivity index (χ1n) is 5.32. The van der Waals surface area contributed by atoms with Crippen LogP contribution in [0.5, 0.6) is 0 Å². The first-order chi connectivity index (χ1) is 9.29. The standard InChI is InChI=1S/C12H9F3N2O2S/c13-7-5-10(14)12(11(15)6-7)17-20(18,19)9-3-1-8(16)2-4-9/h1-6,17H,16H2. The summed E-state index contributed by atoms with van der Waals surface area (Å²) < 4.78 is 65.1. The quantitative estimate of drug-likeness (QED) is 0.856. The first kappa shape index (κ1) is 14.2. The van der Waals surface area contributed by atoms with Crippen LogP contribution in [0.25, 0.3) is 0 Å². The highest BCUT2D eigenvalue weighted by Crippen LogP contribution is 2.23. The van der Waals surface area contributed by atoms with Gasteiger partial charge in [0.15, 0.2) is 11.6 Å². The Bertz CT molecular complexity index is 723. The topological polar surface area (TPSA) is 72.2 Å². The second-order valence-corrected chi connectivity index (χ2v) is 5.60. The van der Waals surface area contributed by atoms with Crippen LogP contribution in [-0.4, -0.2) is 8.42 Å². The molecule has 4 nitrogen and oxygen atoms in total. The van der Waals surface area contributed by atoms with E-state index in [1.807, 2.05) is 0 Å². The van der Waals surface area contributed by atoms with Gasteiger partial charge in [0.1, 0.15) is 11.5 Å². The smallest absolute Gasteiger partial charge is 0.262 e. The number of anilines is 2. The van der Waals surface area contributed by atoms with E-state index in [0.29, 0.717) is 17.8 Å². The number of halogens is 3. The van der Waals surface area contributed by atoms with Crippen LogP contribution < -0.4 is 10.5 Å². The molecule has 0 unspecified atom stereocenters. The maximum Gasteiger partial charge on any atom is 0.262 e. The van der Waals surface area contributed by atoms with Crippen LogP contribution >= 0.6 is 0 Å². The number of rotatable bonds is 3. The highest BCUT2D eigenvalue weighted by molar-refractivity contribution is 7.92. The maximum atomic E-state index is 13.4. The Morgan fingerprint density at radius 3 is 1.95 bits per heavy atom. The summed E-state index contributed by atoms with van der Waals surface area (Å²) >= 11 is 0. The molecule has 0 amide bonds. The molecule has 0 heterocycles. The molecule has 0 aliphatic heterocycles. The average molecular weight is 302 g/mol. The molecule has 106 valence electrons. The molecule has 0 bridgehead atoms. The van der Waals surface area contributed by atoms with Crippen LogP contribution in [0, 0.1) is 17.5 Å². The molecule has 0 saturated heterocycles. The zero-order valence-electron chi connectivity index (χ0n) is 9.90. The van der Waals surface area contributed by atoms with Gasteiger partial charge < -0.3 is 5.73 Å². The van der Waals surface area contributed by atoms with Crippen molar-refractivity contribution in [1.29, 1.82) is 0 Å². The van der Waals surface area contributed by atoms with E-state index >= 15 is 0 Å². The minimum atomic E-state index is -4.20. The minimum Gasteiger partial charge on any atom is -0.399 e. The van der Waals surface area contributed by atoms with E-state index in [4.69, 9.17) is 5.73 Å².